The number of methoxy groups -OCH3 is 1. The van der Waals surface area contributed by atoms with Crippen molar-refractivity contribution >= 4 is 39.7 Å². The number of carbonyl (C=O) groups excluding carboxylic acids is 3. The first kappa shape index (κ1) is 26.9. The third kappa shape index (κ3) is 8.02. The molecular weight excluding hydrogens is 444 g/mol. The molecule has 0 heterocycles. The number of ether oxygens (including phenoxy) is 1. The summed E-state index contributed by atoms with van der Waals surface area (Å²) in [6.45, 7) is 10.4. The number of aldehydes is 1. The molecule has 1 aromatic rings. The third-order valence-electron chi connectivity index (χ3n) is 4.09. The van der Waals surface area contributed by atoms with E-state index in [9.17, 15) is 24.5 Å². The van der Waals surface area contributed by atoms with E-state index in [0.29, 0.717) is 17.8 Å². The van der Waals surface area contributed by atoms with Crippen LogP contribution < -0.4 is 0 Å². The van der Waals surface area contributed by atoms with Crippen molar-refractivity contribution in [3.05, 3.63) is 39.4 Å². The Bertz CT molecular complexity index is 736. The Kier molecular flexibility index (Phi) is 11.5. The van der Waals surface area contributed by atoms with Crippen LogP contribution in [0.3, 0.4) is 0 Å². The van der Waals surface area contributed by atoms with Crippen LogP contribution in [0.25, 0.3) is 0 Å². The van der Waals surface area contributed by atoms with Gasteiger partial charge in [-0.2, -0.15) is 0 Å². The molecule has 0 aliphatic heterocycles. The number of aryl methyl sites for hydroxylation is 1. The highest BCUT2D eigenvalue weighted by molar-refractivity contribution is 9.09. The van der Waals surface area contributed by atoms with Crippen molar-refractivity contribution in [2.45, 2.75) is 52.6 Å². The molecule has 1 aromatic carbocycles. The van der Waals surface area contributed by atoms with Crippen LogP contribution in [-0.2, 0) is 14.3 Å². The lowest BCUT2D eigenvalue weighted by atomic mass is 10.0. The summed E-state index contributed by atoms with van der Waals surface area (Å²) < 4.78 is 4.93. The third-order valence-corrected chi connectivity index (χ3v) is 5.52. The summed E-state index contributed by atoms with van der Waals surface area (Å²) in [7, 11) is 1.69. The van der Waals surface area contributed by atoms with E-state index in [4.69, 9.17) is 4.74 Å². The Balaban J connectivity index is 0.000000956. The highest BCUT2D eigenvalue weighted by Crippen LogP contribution is 2.21. The summed E-state index contributed by atoms with van der Waals surface area (Å²) in [5.74, 6) is -0.990. The number of carbonyl (C=O) groups is 3. The summed E-state index contributed by atoms with van der Waals surface area (Å²) in [5.41, 5.74) is 0.289. The van der Waals surface area contributed by atoms with Crippen molar-refractivity contribution in [3.63, 3.8) is 0 Å². The number of hydrogen-bond acceptors (Lipinski definition) is 6. The van der Waals surface area contributed by atoms with E-state index in [1.54, 1.807) is 27.9 Å². The van der Waals surface area contributed by atoms with Crippen molar-refractivity contribution in [1.82, 2.24) is 4.90 Å². The minimum absolute atomic E-state index is 0.0388. The second kappa shape index (κ2) is 12.4. The van der Waals surface area contributed by atoms with Gasteiger partial charge in [-0.3, -0.25) is 24.6 Å². The average Bonchev–Trinajstić information content (AvgIpc) is 2.64. The van der Waals surface area contributed by atoms with Gasteiger partial charge in [-0.05, 0) is 24.3 Å². The second-order valence-electron chi connectivity index (χ2n) is 7.15. The molecule has 2 unspecified atom stereocenters. The fourth-order valence-corrected chi connectivity index (χ4v) is 2.36. The Hall–Kier alpha value is -2.13. The fourth-order valence-electron chi connectivity index (χ4n) is 2.36. The summed E-state index contributed by atoms with van der Waals surface area (Å²) in [6, 6.07) is 2.93. The van der Waals surface area contributed by atoms with Gasteiger partial charge in [-0.1, -0.05) is 49.7 Å². The van der Waals surface area contributed by atoms with Gasteiger partial charge in [0.15, 0.2) is 0 Å². The Morgan fingerprint density at radius 2 is 1.76 bits per heavy atom. The quantitative estimate of drug-likeness (QED) is 0.255. The number of rotatable bonds is 7. The molecule has 162 valence electrons. The van der Waals surface area contributed by atoms with Crippen LogP contribution in [0.1, 0.15) is 50.5 Å². The molecule has 8 nitrogen and oxygen atoms in total. The minimum Gasteiger partial charge on any atom is -0.370 e. The molecular formula is C20H29BrN2O6. The van der Waals surface area contributed by atoms with Gasteiger partial charge < -0.3 is 9.53 Å². The zero-order chi connectivity index (χ0) is 22.9. The number of hydrogen-bond donors (Lipinski definition) is 0. The first-order chi connectivity index (χ1) is 13.4. The van der Waals surface area contributed by atoms with Crippen molar-refractivity contribution in [1.29, 1.82) is 0 Å². The van der Waals surface area contributed by atoms with Gasteiger partial charge in [0, 0.05) is 31.7 Å². The van der Waals surface area contributed by atoms with E-state index in [1.807, 2.05) is 0 Å². The van der Waals surface area contributed by atoms with Crippen LogP contribution in [0.15, 0.2) is 18.2 Å². The molecule has 0 aliphatic carbocycles. The first-order valence-corrected chi connectivity index (χ1v) is 10.0. The molecule has 0 bridgehead atoms. The predicted molar refractivity (Wildman–Crippen MR) is 114 cm³/mol. The van der Waals surface area contributed by atoms with Crippen molar-refractivity contribution in [3.8, 4) is 0 Å². The number of alkyl halides is 1. The van der Waals surface area contributed by atoms with Crippen LogP contribution in [-0.4, -0.2) is 46.1 Å². The average molecular weight is 473 g/mol. The van der Waals surface area contributed by atoms with Gasteiger partial charge in [0.25, 0.3) is 11.6 Å². The summed E-state index contributed by atoms with van der Waals surface area (Å²) in [6.07, 6.45) is 0.538. The zero-order valence-corrected chi connectivity index (χ0v) is 19.4. The number of nitrogens with zero attached hydrogens (tertiary/aromatic N) is 2. The molecule has 0 spiro atoms. The maximum atomic E-state index is 12.6. The van der Waals surface area contributed by atoms with Crippen LogP contribution in [0.2, 0.25) is 0 Å². The summed E-state index contributed by atoms with van der Waals surface area (Å²) in [4.78, 5) is 46.7. The van der Waals surface area contributed by atoms with Crippen LogP contribution >= 0.6 is 15.9 Å². The molecule has 29 heavy (non-hydrogen) atoms. The lowest BCUT2D eigenvalue weighted by molar-refractivity contribution is -0.384. The number of benzene rings is 1. The molecule has 0 aliphatic rings. The Labute approximate surface area is 179 Å². The number of nitro groups is 1. The highest BCUT2D eigenvalue weighted by Gasteiger charge is 2.31. The van der Waals surface area contributed by atoms with Gasteiger partial charge in [-0.25, -0.2) is 0 Å². The molecule has 0 N–H and O–H groups in total. The summed E-state index contributed by atoms with van der Waals surface area (Å²) >= 11 is 3.32. The van der Waals surface area contributed by atoms with E-state index in [2.05, 4.69) is 29.8 Å². The molecule has 9 heteroatoms. The van der Waals surface area contributed by atoms with Crippen molar-refractivity contribution < 1.29 is 24.0 Å². The lowest BCUT2D eigenvalue weighted by Gasteiger charge is -2.28. The van der Waals surface area contributed by atoms with Crippen LogP contribution in [0.4, 0.5) is 5.69 Å². The highest BCUT2D eigenvalue weighted by atomic mass is 79.9. The Morgan fingerprint density at radius 1 is 1.21 bits per heavy atom. The molecule has 2 atom stereocenters. The maximum Gasteiger partial charge on any atom is 0.270 e. The fraction of sp³-hybridized carbons (Fsp3) is 0.550. The Morgan fingerprint density at radius 3 is 2.07 bits per heavy atom. The number of halogens is 1. The number of nitro benzene ring substituents is 1. The number of non-ortho nitro benzene ring substituents is 1. The predicted octanol–water partition coefficient (Wildman–Crippen LogP) is 4.13. The number of amides is 2. The monoisotopic (exact) mass is 472 g/mol. The second-order valence-corrected chi connectivity index (χ2v) is 8.05. The molecule has 0 saturated carbocycles. The SMILES string of the molecule is CC(=O)N(C(=O)c1cc([N+](=O)[O-])ccc1C)C(C=O)C(C)C.COC(Br)C(C)C. The van der Waals surface area contributed by atoms with E-state index in [-0.39, 0.29) is 22.2 Å². The summed E-state index contributed by atoms with van der Waals surface area (Å²) in [5, 5.41) is 11.1. The maximum absolute atomic E-state index is 12.6. The van der Waals surface area contributed by atoms with Gasteiger partial charge in [-0.15, -0.1) is 0 Å². The van der Waals surface area contributed by atoms with Gasteiger partial charge in [0.05, 0.1) is 11.0 Å². The normalized spacial score (nSPS) is 12.6. The molecule has 1 rings (SSSR count). The van der Waals surface area contributed by atoms with E-state index in [1.165, 1.54) is 19.1 Å². The van der Waals surface area contributed by atoms with Gasteiger partial charge >= 0.3 is 0 Å². The van der Waals surface area contributed by atoms with Crippen molar-refractivity contribution in [2.75, 3.05) is 7.11 Å². The smallest absolute Gasteiger partial charge is 0.270 e. The van der Waals surface area contributed by atoms with E-state index in [0.717, 1.165) is 11.0 Å². The van der Waals surface area contributed by atoms with E-state index >= 15 is 0 Å². The standard InChI is InChI=1S/C15H18N2O5.C5H11BrO/c1-9(2)14(8-18)16(11(4)19)15(20)13-7-12(17(21)22)6-5-10(13)3;1-4(2)5(6)7-3/h5-9,14H,1-4H3;4-5H,1-3H3. The van der Waals surface area contributed by atoms with Gasteiger partial charge in [0.2, 0.25) is 5.91 Å². The number of imide groups is 1. The van der Waals surface area contributed by atoms with Gasteiger partial charge in [0.1, 0.15) is 11.3 Å². The zero-order valence-electron chi connectivity index (χ0n) is 17.8. The molecule has 0 radical (unpaired) electrons. The molecule has 2 amide bonds. The largest absolute Gasteiger partial charge is 0.370 e. The molecule has 0 aromatic heterocycles. The van der Waals surface area contributed by atoms with Crippen molar-refractivity contribution in [2.24, 2.45) is 11.8 Å². The topological polar surface area (TPSA) is 107 Å². The first-order valence-electron chi connectivity index (χ1n) is 9.10. The lowest BCUT2D eigenvalue weighted by Crippen LogP contribution is -2.47. The van der Waals surface area contributed by atoms with Crippen LogP contribution in [0.5, 0.6) is 0 Å². The minimum atomic E-state index is -0.913. The van der Waals surface area contributed by atoms with E-state index < -0.39 is 22.8 Å². The van der Waals surface area contributed by atoms with Crippen LogP contribution in [0, 0.1) is 28.9 Å². The molecule has 0 fully saturated rings. The molecule has 0 saturated heterocycles.